The van der Waals surface area contributed by atoms with Crippen LogP contribution in [0, 0.1) is 5.92 Å². The number of hydrogen-bond donors (Lipinski definition) is 1. The summed E-state index contributed by atoms with van der Waals surface area (Å²) in [4.78, 5) is 14.3. The van der Waals surface area contributed by atoms with Gasteiger partial charge in [0.1, 0.15) is 0 Å². The molecule has 3 nitrogen and oxygen atoms in total. The average molecular weight is 238 g/mol. The summed E-state index contributed by atoms with van der Waals surface area (Å²) in [6.45, 7) is 5.19. The van der Waals surface area contributed by atoms with E-state index in [2.05, 4.69) is 24.1 Å². The third-order valence-corrected chi connectivity index (χ3v) is 4.39. The molecule has 1 aliphatic carbocycles. The highest BCUT2D eigenvalue weighted by Gasteiger charge is 2.42. The van der Waals surface area contributed by atoms with Crippen molar-refractivity contribution in [2.75, 3.05) is 6.54 Å². The van der Waals surface area contributed by atoms with Crippen LogP contribution in [0.25, 0.3) is 0 Å². The van der Waals surface area contributed by atoms with Gasteiger partial charge >= 0.3 is 6.03 Å². The highest BCUT2D eigenvalue weighted by Crippen LogP contribution is 2.39. The Labute approximate surface area is 105 Å². The maximum absolute atomic E-state index is 12.2. The molecule has 0 bridgehead atoms. The van der Waals surface area contributed by atoms with Crippen molar-refractivity contribution in [1.29, 1.82) is 0 Å². The summed E-state index contributed by atoms with van der Waals surface area (Å²) >= 11 is 0. The lowest BCUT2D eigenvalue weighted by molar-refractivity contribution is 0.156. The maximum Gasteiger partial charge on any atom is 0.317 e. The molecule has 2 aliphatic rings. The molecule has 17 heavy (non-hydrogen) atoms. The van der Waals surface area contributed by atoms with Gasteiger partial charge in [0.15, 0.2) is 0 Å². The van der Waals surface area contributed by atoms with Gasteiger partial charge in [-0.2, -0.15) is 0 Å². The van der Waals surface area contributed by atoms with Gasteiger partial charge in [-0.25, -0.2) is 4.79 Å². The summed E-state index contributed by atoms with van der Waals surface area (Å²) in [6.07, 6.45) is 8.64. The van der Waals surface area contributed by atoms with Gasteiger partial charge in [-0.1, -0.05) is 26.2 Å². The standard InChI is InChI=1S/C14H26N2O/c1-3-4-9-15-14(17)16-11(2)10-12-7-5-6-8-13(12)16/h11-13H,3-10H2,1-2H3,(H,15,17)/t11-,12-,13+/m1/s1. The van der Waals surface area contributed by atoms with Crippen molar-refractivity contribution < 1.29 is 4.79 Å². The third kappa shape index (κ3) is 2.75. The van der Waals surface area contributed by atoms with Gasteiger partial charge in [-0.15, -0.1) is 0 Å². The van der Waals surface area contributed by atoms with Gasteiger partial charge in [0.05, 0.1) is 0 Å². The first-order valence-electron chi connectivity index (χ1n) is 7.30. The van der Waals surface area contributed by atoms with Crippen molar-refractivity contribution in [1.82, 2.24) is 10.2 Å². The molecule has 0 aromatic heterocycles. The number of urea groups is 1. The Hall–Kier alpha value is -0.730. The number of nitrogens with zero attached hydrogens (tertiary/aromatic N) is 1. The summed E-state index contributed by atoms with van der Waals surface area (Å²) in [5.74, 6) is 0.774. The zero-order valence-corrected chi connectivity index (χ0v) is 11.2. The van der Waals surface area contributed by atoms with Gasteiger partial charge in [0, 0.05) is 18.6 Å². The highest BCUT2D eigenvalue weighted by molar-refractivity contribution is 5.75. The van der Waals surface area contributed by atoms with Crippen molar-refractivity contribution in [3.05, 3.63) is 0 Å². The lowest BCUT2D eigenvalue weighted by atomic mass is 9.85. The molecule has 1 heterocycles. The predicted molar refractivity (Wildman–Crippen MR) is 70.0 cm³/mol. The fourth-order valence-electron chi connectivity index (χ4n) is 3.52. The number of hydrogen-bond acceptors (Lipinski definition) is 1. The number of fused-ring (bicyclic) bond motifs is 1. The molecule has 3 atom stereocenters. The Morgan fingerprint density at radius 2 is 2.12 bits per heavy atom. The zero-order chi connectivity index (χ0) is 12.3. The normalized spacial score (nSPS) is 32.4. The number of amides is 2. The third-order valence-electron chi connectivity index (χ3n) is 4.39. The number of carbonyl (C=O) groups excluding carboxylic acids is 1. The van der Waals surface area contributed by atoms with Crippen molar-refractivity contribution in [2.45, 2.75) is 70.9 Å². The van der Waals surface area contributed by atoms with Gasteiger partial charge in [0.2, 0.25) is 0 Å². The lowest BCUT2D eigenvalue weighted by Gasteiger charge is -2.33. The summed E-state index contributed by atoms with van der Waals surface area (Å²) in [6, 6.07) is 1.14. The summed E-state index contributed by atoms with van der Waals surface area (Å²) in [5, 5.41) is 3.08. The molecule has 0 aromatic rings. The molecule has 3 heteroatoms. The Balaban J connectivity index is 1.91. The maximum atomic E-state index is 12.2. The SMILES string of the molecule is CCCCNC(=O)N1[C@H](C)C[C@H]2CCCC[C@@H]21. The molecule has 2 rings (SSSR count). The molecule has 1 saturated heterocycles. The summed E-state index contributed by atoms with van der Waals surface area (Å²) < 4.78 is 0. The first-order chi connectivity index (χ1) is 8.24. The summed E-state index contributed by atoms with van der Waals surface area (Å²) in [5.41, 5.74) is 0. The van der Waals surface area contributed by atoms with Gasteiger partial charge in [-0.05, 0) is 38.5 Å². The zero-order valence-electron chi connectivity index (χ0n) is 11.2. The van der Waals surface area contributed by atoms with Crippen LogP contribution in [-0.4, -0.2) is 29.6 Å². The van der Waals surface area contributed by atoms with E-state index < -0.39 is 0 Å². The molecule has 2 amide bonds. The molecule has 98 valence electrons. The predicted octanol–water partition coefficient (Wildman–Crippen LogP) is 3.15. The fourth-order valence-corrected chi connectivity index (χ4v) is 3.52. The van der Waals surface area contributed by atoms with Crippen LogP contribution in [0.4, 0.5) is 4.79 Å². The second-order valence-corrected chi connectivity index (χ2v) is 5.69. The average Bonchev–Trinajstić information content (AvgIpc) is 2.65. The smallest absolute Gasteiger partial charge is 0.317 e. The van der Waals surface area contributed by atoms with Crippen LogP contribution in [-0.2, 0) is 0 Å². The number of likely N-dealkylation sites (tertiary alicyclic amines) is 1. The van der Waals surface area contributed by atoms with E-state index in [1.54, 1.807) is 0 Å². The summed E-state index contributed by atoms with van der Waals surface area (Å²) in [7, 11) is 0. The van der Waals surface area contributed by atoms with Crippen LogP contribution in [0.5, 0.6) is 0 Å². The Bertz CT molecular complexity index is 267. The second-order valence-electron chi connectivity index (χ2n) is 5.69. The van der Waals surface area contributed by atoms with E-state index >= 15 is 0 Å². The number of carbonyl (C=O) groups is 1. The van der Waals surface area contributed by atoms with E-state index in [0.717, 1.165) is 25.3 Å². The molecule has 1 saturated carbocycles. The van der Waals surface area contributed by atoms with Crippen LogP contribution in [0.1, 0.15) is 58.8 Å². The minimum absolute atomic E-state index is 0.181. The van der Waals surface area contributed by atoms with Crippen molar-refractivity contribution in [3.8, 4) is 0 Å². The first-order valence-corrected chi connectivity index (χ1v) is 7.30. The molecule has 2 fully saturated rings. The van der Waals surface area contributed by atoms with Crippen LogP contribution in [0.2, 0.25) is 0 Å². The van der Waals surface area contributed by atoms with Crippen LogP contribution in [0.3, 0.4) is 0 Å². The lowest BCUT2D eigenvalue weighted by Crippen LogP contribution is -2.47. The number of unbranched alkanes of at least 4 members (excludes halogenated alkanes) is 1. The van der Waals surface area contributed by atoms with E-state index in [4.69, 9.17) is 0 Å². The van der Waals surface area contributed by atoms with Crippen molar-refractivity contribution >= 4 is 6.03 Å². The van der Waals surface area contributed by atoms with Gasteiger partial charge in [0.25, 0.3) is 0 Å². The molecule has 0 radical (unpaired) electrons. The highest BCUT2D eigenvalue weighted by atomic mass is 16.2. The molecule has 1 aliphatic heterocycles. The second kappa shape index (κ2) is 5.74. The Morgan fingerprint density at radius 1 is 1.35 bits per heavy atom. The number of nitrogens with one attached hydrogen (secondary N) is 1. The van der Waals surface area contributed by atoms with Gasteiger partial charge in [-0.3, -0.25) is 0 Å². The number of rotatable bonds is 3. The van der Waals surface area contributed by atoms with Crippen molar-refractivity contribution in [2.24, 2.45) is 5.92 Å². The van der Waals surface area contributed by atoms with E-state index in [9.17, 15) is 4.79 Å². The van der Waals surface area contributed by atoms with Gasteiger partial charge < -0.3 is 10.2 Å². The minimum Gasteiger partial charge on any atom is -0.338 e. The van der Waals surface area contributed by atoms with E-state index in [1.807, 2.05) is 0 Å². The van der Waals surface area contributed by atoms with Crippen LogP contribution in [0.15, 0.2) is 0 Å². The minimum atomic E-state index is 0.181. The van der Waals surface area contributed by atoms with E-state index in [0.29, 0.717) is 12.1 Å². The quantitative estimate of drug-likeness (QED) is 0.753. The van der Waals surface area contributed by atoms with Crippen LogP contribution < -0.4 is 5.32 Å². The van der Waals surface area contributed by atoms with E-state index in [1.165, 1.54) is 32.1 Å². The van der Waals surface area contributed by atoms with Crippen LogP contribution >= 0.6 is 0 Å². The molecule has 0 unspecified atom stereocenters. The topological polar surface area (TPSA) is 32.3 Å². The molecule has 0 aromatic carbocycles. The molecular formula is C14H26N2O. The molecule has 1 N–H and O–H groups in total. The Morgan fingerprint density at radius 3 is 2.88 bits per heavy atom. The molecular weight excluding hydrogens is 212 g/mol. The molecule has 0 spiro atoms. The largest absolute Gasteiger partial charge is 0.338 e. The Kier molecular flexibility index (Phi) is 4.30. The fraction of sp³-hybridized carbons (Fsp3) is 0.929. The van der Waals surface area contributed by atoms with Crippen molar-refractivity contribution in [3.63, 3.8) is 0 Å². The first kappa shape index (κ1) is 12.7. The van der Waals surface area contributed by atoms with E-state index in [-0.39, 0.29) is 6.03 Å². The monoisotopic (exact) mass is 238 g/mol.